The Kier molecular flexibility index (Phi) is 3.39. The fraction of sp³-hybridized carbons (Fsp3) is 0.250. The Labute approximate surface area is 46.7 Å². The molecular weight excluding hydrogens is 108 g/mol. The minimum Gasteiger partial charge on any atom is -0.273 e. The molecule has 0 aliphatic rings. The van der Waals surface area contributed by atoms with Crippen LogP contribution < -0.4 is 0 Å². The molecule has 0 rings (SSSR count). The summed E-state index contributed by atoms with van der Waals surface area (Å²) in [5, 5.41) is 9.57. The Bertz CT molecular complexity index is 119. The summed E-state index contributed by atoms with van der Waals surface area (Å²) in [4.78, 5) is 12.4. The summed E-state index contributed by atoms with van der Waals surface area (Å²) >= 11 is 0. The summed E-state index contributed by atoms with van der Waals surface area (Å²) < 4.78 is 0. The molecule has 0 aliphatic heterocycles. The third-order valence-corrected chi connectivity index (χ3v) is 0.465. The van der Waals surface area contributed by atoms with Gasteiger partial charge < -0.3 is 0 Å². The molecule has 0 heterocycles. The number of rotatable bonds is 3. The maximum absolute atomic E-state index is 9.57. The van der Waals surface area contributed by atoms with E-state index in [4.69, 9.17) is 0 Å². The summed E-state index contributed by atoms with van der Waals surface area (Å²) in [6.45, 7) is 2.92. The number of hydrogen-bond donors (Lipinski definition) is 0. The lowest BCUT2D eigenvalue weighted by atomic mass is 10.6. The second kappa shape index (κ2) is 3.98. The highest BCUT2D eigenvalue weighted by Gasteiger charge is 1.84. The molecule has 4 heteroatoms. The molecule has 0 atom stereocenters. The van der Waals surface area contributed by atoms with Crippen LogP contribution in [0.25, 0.3) is 0 Å². The van der Waals surface area contributed by atoms with Crippen molar-refractivity contribution in [3.8, 4) is 0 Å². The largest absolute Gasteiger partial charge is 0.273 e. The van der Waals surface area contributed by atoms with E-state index in [2.05, 4.69) is 11.7 Å². The highest BCUT2D eigenvalue weighted by molar-refractivity contribution is 5.25. The lowest BCUT2D eigenvalue weighted by Crippen LogP contribution is -1.94. The Morgan fingerprint density at radius 3 is 2.88 bits per heavy atom. The first-order valence-corrected chi connectivity index (χ1v) is 2.00. The average Bonchev–Trinajstić information content (AvgIpc) is 1.66. The molecule has 0 saturated heterocycles. The molecule has 0 unspecified atom stereocenters. The van der Waals surface area contributed by atoms with E-state index >= 15 is 0 Å². The second-order valence-corrected chi connectivity index (χ2v) is 1.08. The lowest BCUT2D eigenvalue weighted by Gasteiger charge is -1.78. The van der Waals surface area contributed by atoms with Gasteiger partial charge in [0.25, 0.3) is 0 Å². The fourth-order valence-electron chi connectivity index (χ4n) is 0.208. The first-order valence-electron chi connectivity index (χ1n) is 2.00. The van der Waals surface area contributed by atoms with Crippen molar-refractivity contribution in [3.05, 3.63) is 22.4 Å². The predicted octanol–water partition coefficient (Wildman–Crippen LogP) is 0.477. The summed E-state index contributed by atoms with van der Waals surface area (Å²) in [6, 6.07) is 0. The maximum Gasteiger partial charge on any atom is 0.223 e. The van der Waals surface area contributed by atoms with E-state index < -0.39 is 4.92 Å². The van der Waals surface area contributed by atoms with Crippen molar-refractivity contribution in [3.63, 3.8) is 0 Å². The minimum absolute atomic E-state index is 0.182. The van der Waals surface area contributed by atoms with Crippen molar-refractivity contribution in [2.45, 2.75) is 0 Å². The van der Waals surface area contributed by atoms with E-state index in [0.29, 0.717) is 0 Å². The van der Waals surface area contributed by atoms with Gasteiger partial charge in [0.1, 0.15) is 0 Å². The molecule has 8 heavy (non-hydrogen) atoms. The molecule has 0 radical (unpaired) electrons. The van der Waals surface area contributed by atoms with Crippen LogP contribution in [0.2, 0.25) is 0 Å². The molecule has 0 aromatic heterocycles. The van der Waals surface area contributed by atoms with Gasteiger partial charge in [0.15, 0.2) is 0 Å². The number of nitro groups is 1. The molecule has 0 spiro atoms. The van der Waals surface area contributed by atoms with Crippen molar-refractivity contribution in [2.75, 3.05) is 6.54 Å². The number of hydrogen-bond acceptors (Lipinski definition) is 3. The third kappa shape index (κ3) is 4.81. The molecule has 0 fully saturated rings. The van der Waals surface area contributed by atoms with Gasteiger partial charge in [0.2, 0.25) is 6.54 Å². The molecule has 44 valence electrons. The Morgan fingerprint density at radius 2 is 2.50 bits per heavy atom. The van der Waals surface area contributed by atoms with Gasteiger partial charge in [0.05, 0.1) is 0 Å². The molecule has 0 aromatic rings. The van der Waals surface area contributed by atoms with Gasteiger partial charge in [0, 0.05) is 17.2 Å². The molecule has 0 aromatic carbocycles. The van der Waals surface area contributed by atoms with Gasteiger partial charge in [-0.2, -0.15) is 0 Å². The Hall–Kier alpha value is -1.19. The van der Waals surface area contributed by atoms with Crippen LogP contribution in [0.4, 0.5) is 0 Å². The summed E-state index contributed by atoms with van der Waals surface area (Å²) in [7, 11) is 0. The van der Waals surface area contributed by atoms with Crippen LogP contribution in [0.1, 0.15) is 0 Å². The van der Waals surface area contributed by atoms with Gasteiger partial charge >= 0.3 is 0 Å². The van der Waals surface area contributed by atoms with Crippen molar-refractivity contribution >= 4 is 6.72 Å². The van der Waals surface area contributed by atoms with Gasteiger partial charge in [-0.1, -0.05) is 0 Å². The summed E-state index contributed by atoms with van der Waals surface area (Å²) in [5.41, 5.74) is 0. The average molecular weight is 114 g/mol. The van der Waals surface area contributed by atoms with Crippen LogP contribution in [-0.2, 0) is 0 Å². The second-order valence-electron chi connectivity index (χ2n) is 1.08. The first kappa shape index (κ1) is 6.81. The predicted molar refractivity (Wildman–Crippen MR) is 30.6 cm³/mol. The van der Waals surface area contributed by atoms with Crippen LogP contribution >= 0.6 is 0 Å². The SMILES string of the molecule is C=N/C=C/C[N+](=O)[O-]. The van der Waals surface area contributed by atoms with Crippen LogP contribution in [0.3, 0.4) is 0 Å². The van der Waals surface area contributed by atoms with Crippen LogP contribution in [0.15, 0.2) is 17.3 Å². The van der Waals surface area contributed by atoms with E-state index in [9.17, 15) is 10.1 Å². The summed E-state index contributed by atoms with van der Waals surface area (Å²) in [6.07, 6.45) is 2.62. The van der Waals surface area contributed by atoms with Crippen LogP contribution in [-0.4, -0.2) is 18.2 Å². The standard InChI is InChI=1S/C4H6N2O2/c1-5-3-2-4-6(7)8/h2-3H,1,4H2/b3-2+. The molecule has 0 bridgehead atoms. The topological polar surface area (TPSA) is 55.5 Å². The van der Waals surface area contributed by atoms with Gasteiger partial charge in [-0.05, 0) is 6.72 Å². The quantitative estimate of drug-likeness (QED) is 0.304. The lowest BCUT2D eigenvalue weighted by molar-refractivity contribution is -0.468. The highest BCUT2D eigenvalue weighted by Crippen LogP contribution is 1.73. The maximum atomic E-state index is 9.57. The van der Waals surface area contributed by atoms with Crippen molar-refractivity contribution in [1.29, 1.82) is 0 Å². The van der Waals surface area contributed by atoms with Crippen LogP contribution in [0, 0.1) is 10.1 Å². The zero-order valence-electron chi connectivity index (χ0n) is 4.28. The van der Waals surface area contributed by atoms with Crippen molar-refractivity contribution < 1.29 is 4.92 Å². The molecule has 0 saturated carbocycles. The Balaban J connectivity index is 3.29. The normalized spacial score (nSPS) is 9.50. The van der Waals surface area contributed by atoms with E-state index in [-0.39, 0.29) is 6.54 Å². The smallest absolute Gasteiger partial charge is 0.223 e. The van der Waals surface area contributed by atoms with E-state index in [0.717, 1.165) is 0 Å². The molecular formula is C4H6N2O2. The fourth-order valence-corrected chi connectivity index (χ4v) is 0.208. The minimum atomic E-state index is -0.443. The van der Waals surface area contributed by atoms with Crippen molar-refractivity contribution in [1.82, 2.24) is 0 Å². The van der Waals surface area contributed by atoms with Gasteiger partial charge in [-0.15, -0.1) is 0 Å². The molecule has 0 N–H and O–H groups in total. The zero-order valence-corrected chi connectivity index (χ0v) is 4.28. The monoisotopic (exact) mass is 114 g/mol. The molecule has 0 aliphatic carbocycles. The molecule has 4 nitrogen and oxygen atoms in total. The number of nitrogens with zero attached hydrogens (tertiary/aromatic N) is 2. The van der Waals surface area contributed by atoms with Gasteiger partial charge in [-0.25, -0.2) is 0 Å². The molecule has 0 amide bonds. The van der Waals surface area contributed by atoms with Crippen LogP contribution in [0.5, 0.6) is 0 Å². The third-order valence-electron chi connectivity index (χ3n) is 0.465. The highest BCUT2D eigenvalue weighted by atomic mass is 16.6. The van der Waals surface area contributed by atoms with E-state index in [1.54, 1.807) is 0 Å². The van der Waals surface area contributed by atoms with E-state index in [1.807, 2.05) is 0 Å². The summed E-state index contributed by atoms with van der Waals surface area (Å²) in [5.74, 6) is 0. The zero-order chi connectivity index (χ0) is 6.41. The van der Waals surface area contributed by atoms with Gasteiger partial charge in [-0.3, -0.25) is 15.1 Å². The first-order chi connectivity index (χ1) is 3.77. The number of aliphatic imine (C=N–C) groups is 1. The van der Waals surface area contributed by atoms with Crippen molar-refractivity contribution in [2.24, 2.45) is 4.99 Å². The van der Waals surface area contributed by atoms with E-state index in [1.165, 1.54) is 12.3 Å². The Morgan fingerprint density at radius 1 is 1.88 bits per heavy atom.